The van der Waals surface area contributed by atoms with Gasteiger partial charge in [0.2, 0.25) is 5.88 Å². The Balaban J connectivity index is 1.46. The van der Waals surface area contributed by atoms with Crippen molar-refractivity contribution in [3.8, 4) is 17.0 Å². The van der Waals surface area contributed by atoms with E-state index in [2.05, 4.69) is 39.0 Å². The lowest BCUT2D eigenvalue weighted by Crippen LogP contribution is -2.44. The van der Waals surface area contributed by atoms with Crippen LogP contribution in [0.1, 0.15) is 5.56 Å². The van der Waals surface area contributed by atoms with Crippen molar-refractivity contribution < 1.29 is 9.52 Å². The summed E-state index contributed by atoms with van der Waals surface area (Å²) in [6.07, 6.45) is 4.84. The molecule has 7 nitrogen and oxygen atoms in total. The second-order valence-corrected chi connectivity index (χ2v) is 8.05. The van der Waals surface area contributed by atoms with Crippen molar-refractivity contribution in [1.82, 2.24) is 9.88 Å². The summed E-state index contributed by atoms with van der Waals surface area (Å²) in [6.45, 7) is 4.13. The highest BCUT2D eigenvalue weighted by atomic mass is 16.3. The van der Waals surface area contributed by atoms with Gasteiger partial charge in [-0.1, -0.05) is 6.07 Å². The Labute approximate surface area is 185 Å². The number of rotatable bonds is 4. The molecular weight excluding hydrogens is 404 g/mol. The zero-order chi connectivity index (χ0) is 22.1. The van der Waals surface area contributed by atoms with Crippen LogP contribution < -0.4 is 10.5 Å². The first-order valence-corrected chi connectivity index (χ1v) is 10.6. The van der Waals surface area contributed by atoms with E-state index in [0.717, 1.165) is 43.0 Å². The average molecular weight is 428 g/mol. The van der Waals surface area contributed by atoms with E-state index in [1.54, 1.807) is 24.8 Å². The predicted octanol–water partition coefficient (Wildman–Crippen LogP) is 4.00. The first-order chi connectivity index (χ1) is 15.6. The average Bonchev–Trinajstić information content (AvgIpc) is 3.35. The summed E-state index contributed by atoms with van der Waals surface area (Å²) >= 11 is 0. The Morgan fingerprint density at radius 1 is 1.00 bits per heavy atom. The van der Waals surface area contributed by atoms with E-state index in [1.165, 1.54) is 5.69 Å². The minimum atomic E-state index is -0.343. The van der Waals surface area contributed by atoms with Crippen LogP contribution in [-0.4, -0.2) is 54.4 Å². The summed E-state index contributed by atoms with van der Waals surface area (Å²) in [5, 5.41) is 11.6. The maximum atomic E-state index is 12.3. The number of anilines is 1. The number of nitrogens with zero attached hydrogens (tertiary/aromatic N) is 3. The highest BCUT2D eigenvalue weighted by Crippen LogP contribution is 2.28. The van der Waals surface area contributed by atoms with Gasteiger partial charge in [0.1, 0.15) is 0 Å². The van der Waals surface area contributed by atoms with Gasteiger partial charge in [-0.15, -0.1) is 0 Å². The lowest BCUT2D eigenvalue weighted by atomic mass is 10.0. The van der Waals surface area contributed by atoms with Crippen molar-refractivity contribution in [3.63, 3.8) is 0 Å². The van der Waals surface area contributed by atoms with Crippen molar-refractivity contribution in [3.05, 3.63) is 77.0 Å². The number of piperazine rings is 1. The minimum absolute atomic E-state index is 0.204. The van der Waals surface area contributed by atoms with Crippen LogP contribution >= 0.6 is 0 Å². The quantitative estimate of drug-likeness (QED) is 0.480. The Bertz CT molecular complexity index is 1320. The second-order valence-electron chi connectivity index (χ2n) is 8.05. The van der Waals surface area contributed by atoms with Crippen LogP contribution in [0.2, 0.25) is 0 Å². The molecule has 4 aromatic rings. The second kappa shape index (κ2) is 8.36. The molecule has 2 N–H and O–H groups in total. The number of H-pyrrole nitrogens is 1. The van der Waals surface area contributed by atoms with Gasteiger partial charge in [0.05, 0.1) is 23.8 Å². The van der Waals surface area contributed by atoms with Crippen LogP contribution in [0.5, 0.6) is 5.88 Å². The molecule has 1 saturated heterocycles. The Morgan fingerprint density at radius 2 is 1.78 bits per heavy atom. The maximum absolute atomic E-state index is 12.3. The first kappa shape index (κ1) is 20.1. The Morgan fingerprint density at radius 3 is 2.50 bits per heavy atom. The van der Waals surface area contributed by atoms with E-state index in [-0.39, 0.29) is 11.4 Å². The number of fused-ring (bicyclic) bond motifs is 1. The fourth-order valence-corrected chi connectivity index (χ4v) is 4.03. The number of hydrogen-bond donors (Lipinski definition) is 2. The number of aliphatic imine (C=N–C) groups is 1. The molecule has 2 aromatic heterocycles. The molecule has 2 aromatic carbocycles. The van der Waals surface area contributed by atoms with E-state index in [4.69, 9.17) is 4.42 Å². The third-order valence-electron chi connectivity index (χ3n) is 5.96. The third-order valence-corrected chi connectivity index (χ3v) is 5.96. The van der Waals surface area contributed by atoms with Crippen molar-refractivity contribution in [2.75, 3.05) is 38.1 Å². The van der Waals surface area contributed by atoms with E-state index >= 15 is 0 Å². The molecule has 32 heavy (non-hydrogen) atoms. The number of likely N-dealkylation sites (N-methyl/N-ethyl adjacent to an activating group) is 1. The zero-order valence-corrected chi connectivity index (χ0v) is 17.8. The molecule has 0 spiro atoms. The summed E-state index contributed by atoms with van der Waals surface area (Å²) in [5.41, 5.74) is 3.86. The molecule has 0 saturated carbocycles. The van der Waals surface area contributed by atoms with E-state index in [1.807, 2.05) is 30.3 Å². The van der Waals surface area contributed by atoms with Gasteiger partial charge in [-0.3, -0.25) is 14.8 Å². The Kier molecular flexibility index (Phi) is 5.25. The molecule has 5 rings (SSSR count). The van der Waals surface area contributed by atoms with Gasteiger partial charge < -0.3 is 19.3 Å². The zero-order valence-electron chi connectivity index (χ0n) is 17.8. The lowest BCUT2D eigenvalue weighted by molar-refractivity contribution is 0.313. The van der Waals surface area contributed by atoms with E-state index in [0.29, 0.717) is 16.3 Å². The molecule has 0 amide bonds. The summed E-state index contributed by atoms with van der Waals surface area (Å²) in [7, 11) is 2.14. The maximum Gasteiger partial charge on any atom is 0.258 e. The number of aromatic nitrogens is 1. The number of benzene rings is 2. The van der Waals surface area contributed by atoms with Crippen LogP contribution in [-0.2, 0) is 0 Å². The lowest BCUT2D eigenvalue weighted by Gasteiger charge is -2.34. The molecule has 162 valence electrons. The fraction of sp³-hybridized carbons (Fsp3) is 0.200. The largest absolute Gasteiger partial charge is 0.494 e. The third kappa shape index (κ3) is 3.90. The van der Waals surface area contributed by atoms with Crippen LogP contribution in [0.4, 0.5) is 11.4 Å². The Hall–Kier alpha value is -3.84. The number of nitrogens with one attached hydrogen (secondary N) is 1. The van der Waals surface area contributed by atoms with Crippen molar-refractivity contribution in [2.45, 2.75) is 0 Å². The molecular formula is C25H24N4O3. The highest BCUT2D eigenvalue weighted by molar-refractivity contribution is 6.03. The minimum Gasteiger partial charge on any atom is -0.494 e. The summed E-state index contributed by atoms with van der Waals surface area (Å²) in [6, 6.07) is 15.4. The van der Waals surface area contributed by atoms with Crippen LogP contribution in [0.3, 0.4) is 0 Å². The van der Waals surface area contributed by atoms with Gasteiger partial charge in [-0.25, -0.2) is 0 Å². The van der Waals surface area contributed by atoms with E-state index < -0.39 is 0 Å². The molecule has 3 heterocycles. The molecule has 1 aliphatic rings. The van der Waals surface area contributed by atoms with Gasteiger partial charge in [0.25, 0.3) is 5.56 Å². The molecule has 0 aliphatic carbocycles. The first-order valence-electron chi connectivity index (χ1n) is 10.6. The number of aromatic amines is 1. The van der Waals surface area contributed by atoms with E-state index in [9.17, 15) is 9.90 Å². The van der Waals surface area contributed by atoms with Crippen LogP contribution in [0, 0.1) is 0 Å². The van der Waals surface area contributed by atoms with Crippen molar-refractivity contribution in [2.24, 2.45) is 4.99 Å². The number of hydrogen-bond acceptors (Lipinski definition) is 6. The summed E-state index contributed by atoms with van der Waals surface area (Å²) in [4.78, 5) is 24.1. The van der Waals surface area contributed by atoms with Gasteiger partial charge in [-0.05, 0) is 55.1 Å². The molecule has 1 aliphatic heterocycles. The smallest absolute Gasteiger partial charge is 0.258 e. The van der Waals surface area contributed by atoms with Gasteiger partial charge in [0, 0.05) is 54.4 Å². The number of furan rings is 1. The molecule has 0 radical (unpaired) electrons. The topological polar surface area (TPSA) is 85.1 Å². The van der Waals surface area contributed by atoms with Gasteiger partial charge >= 0.3 is 0 Å². The monoisotopic (exact) mass is 428 g/mol. The molecule has 0 unspecified atom stereocenters. The number of aromatic hydroxyl groups is 1. The standard InChI is InChI=1S/C25H24N4O3/c1-28-9-11-29(12-10-28)20-5-3-19(4-6-20)26-15-23-22-14-17(18-8-13-32-16-18)2-7-21(22)24(30)27-25(23)31/h2-8,13-16H,9-12H2,1H3,(H2,27,30,31). The summed E-state index contributed by atoms with van der Waals surface area (Å²) in [5.74, 6) is -0.204. The number of pyridine rings is 1. The SMILES string of the molecule is CN1CCN(c2ccc(N=Cc3c(O)[nH]c(=O)c4ccc(-c5ccoc5)cc34)cc2)CC1. The summed E-state index contributed by atoms with van der Waals surface area (Å²) < 4.78 is 5.17. The molecule has 0 bridgehead atoms. The van der Waals surface area contributed by atoms with Crippen molar-refractivity contribution in [1.29, 1.82) is 0 Å². The van der Waals surface area contributed by atoms with Gasteiger partial charge in [0.15, 0.2) is 0 Å². The van der Waals surface area contributed by atoms with Gasteiger partial charge in [-0.2, -0.15) is 0 Å². The predicted molar refractivity (Wildman–Crippen MR) is 127 cm³/mol. The van der Waals surface area contributed by atoms with Crippen LogP contribution in [0.15, 0.2) is 75.3 Å². The van der Waals surface area contributed by atoms with Crippen LogP contribution in [0.25, 0.3) is 21.9 Å². The molecule has 0 atom stereocenters. The highest BCUT2D eigenvalue weighted by Gasteiger charge is 2.14. The van der Waals surface area contributed by atoms with Crippen molar-refractivity contribution >= 4 is 28.4 Å². The molecule has 7 heteroatoms. The molecule has 1 fully saturated rings. The normalized spacial score (nSPS) is 15.1. The fourth-order valence-electron chi connectivity index (χ4n) is 4.03.